The quantitative estimate of drug-likeness (QED) is 0.713. The molecule has 8 nitrogen and oxygen atoms in total. The first-order valence-electron chi connectivity index (χ1n) is 9.64. The van der Waals surface area contributed by atoms with Crippen LogP contribution in [0.25, 0.3) is 0 Å². The van der Waals surface area contributed by atoms with E-state index < -0.39 is 10.0 Å². The average molecular weight is 421 g/mol. The van der Waals surface area contributed by atoms with Crippen LogP contribution >= 0.6 is 0 Å². The zero-order valence-corrected chi connectivity index (χ0v) is 18.3. The molecule has 0 atom stereocenters. The van der Waals surface area contributed by atoms with Gasteiger partial charge in [0.1, 0.15) is 11.4 Å². The summed E-state index contributed by atoms with van der Waals surface area (Å²) in [6.45, 7) is 7.57. The molecule has 1 aromatic carbocycles. The molecule has 0 bridgehead atoms. The van der Waals surface area contributed by atoms with Crippen LogP contribution in [0, 0.1) is 0 Å². The van der Waals surface area contributed by atoms with E-state index in [1.54, 1.807) is 29.8 Å². The SMILES string of the molecule is CCS(=O)(=O)Nc1ccc(NC(=O)c2cc(C3CC3)nn2C(C)(C)C)cc1OC. The Labute approximate surface area is 171 Å². The van der Waals surface area contributed by atoms with E-state index in [-0.39, 0.29) is 17.2 Å². The van der Waals surface area contributed by atoms with Gasteiger partial charge >= 0.3 is 0 Å². The van der Waals surface area contributed by atoms with Crippen LogP contribution in [0.1, 0.15) is 62.6 Å². The molecule has 0 radical (unpaired) electrons. The van der Waals surface area contributed by atoms with E-state index in [9.17, 15) is 13.2 Å². The fourth-order valence-electron chi connectivity index (χ4n) is 2.94. The van der Waals surface area contributed by atoms with Crippen LogP contribution in [0.15, 0.2) is 24.3 Å². The van der Waals surface area contributed by atoms with E-state index >= 15 is 0 Å². The summed E-state index contributed by atoms with van der Waals surface area (Å²) in [5.74, 6) is 0.441. The standard InChI is InChI=1S/C20H28N4O4S/c1-6-29(26,27)23-15-10-9-14(11-18(15)28-5)21-19(25)17-12-16(13-7-8-13)22-24(17)20(2,3)4/h9-13,23H,6-8H2,1-5H3,(H,21,25). The highest BCUT2D eigenvalue weighted by atomic mass is 32.2. The summed E-state index contributed by atoms with van der Waals surface area (Å²) in [6, 6.07) is 6.65. The van der Waals surface area contributed by atoms with Crippen molar-refractivity contribution >= 4 is 27.3 Å². The average Bonchev–Trinajstić information content (AvgIpc) is 3.39. The highest BCUT2D eigenvalue weighted by Gasteiger charge is 2.31. The van der Waals surface area contributed by atoms with Crippen LogP contribution in [-0.2, 0) is 15.6 Å². The zero-order chi connectivity index (χ0) is 21.4. The third-order valence-electron chi connectivity index (χ3n) is 4.70. The fraction of sp³-hybridized carbons (Fsp3) is 0.500. The number of methoxy groups -OCH3 is 1. The van der Waals surface area contributed by atoms with E-state index in [1.165, 1.54) is 7.11 Å². The van der Waals surface area contributed by atoms with Gasteiger partial charge in [0.05, 0.1) is 29.8 Å². The van der Waals surface area contributed by atoms with Gasteiger partial charge in [-0.05, 0) is 58.7 Å². The zero-order valence-electron chi connectivity index (χ0n) is 17.4. The minimum absolute atomic E-state index is 0.0469. The lowest BCUT2D eigenvalue weighted by Crippen LogP contribution is -2.29. The number of aromatic nitrogens is 2. The number of anilines is 2. The van der Waals surface area contributed by atoms with Crippen molar-refractivity contribution in [3.8, 4) is 5.75 Å². The number of rotatable bonds is 7. The molecule has 9 heteroatoms. The predicted molar refractivity (Wildman–Crippen MR) is 113 cm³/mol. The molecular formula is C20H28N4O4S. The Bertz CT molecular complexity index is 1020. The molecule has 2 aromatic rings. The molecule has 3 rings (SSSR count). The minimum Gasteiger partial charge on any atom is -0.494 e. The number of hydrogen-bond donors (Lipinski definition) is 2. The first kappa shape index (κ1) is 21.2. The van der Waals surface area contributed by atoms with Crippen molar-refractivity contribution in [1.29, 1.82) is 0 Å². The van der Waals surface area contributed by atoms with Gasteiger partial charge in [-0.2, -0.15) is 5.10 Å². The van der Waals surface area contributed by atoms with Gasteiger partial charge in [0, 0.05) is 17.7 Å². The van der Waals surface area contributed by atoms with Crippen LogP contribution < -0.4 is 14.8 Å². The molecule has 1 amide bonds. The topological polar surface area (TPSA) is 102 Å². The summed E-state index contributed by atoms with van der Waals surface area (Å²) < 4.78 is 33.2. The van der Waals surface area contributed by atoms with Gasteiger partial charge in [-0.25, -0.2) is 8.42 Å². The normalized spacial score (nSPS) is 14.5. The molecule has 0 unspecified atom stereocenters. The van der Waals surface area contributed by atoms with Gasteiger partial charge in [0.2, 0.25) is 10.0 Å². The van der Waals surface area contributed by atoms with E-state index in [1.807, 2.05) is 26.8 Å². The first-order chi connectivity index (χ1) is 13.5. The van der Waals surface area contributed by atoms with E-state index in [0.29, 0.717) is 28.7 Å². The van der Waals surface area contributed by atoms with Crippen molar-refractivity contribution < 1.29 is 17.9 Å². The predicted octanol–water partition coefficient (Wildman–Crippen LogP) is 3.54. The van der Waals surface area contributed by atoms with Crippen molar-refractivity contribution in [2.45, 2.75) is 52.0 Å². The minimum atomic E-state index is -3.43. The fourth-order valence-corrected chi connectivity index (χ4v) is 3.59. The summed E-state index contributed by atoms with van der Waals surface area (Å²) in [4.78, 5) is 13.0. The number of hydrogen-bond acceptors (Lipinski definition) is 5. The Morgan fingerprint density at radius 1 is 1.28 bits per heavy atom. The molecule has 1 heterocycles. The van der Waals surface area contributed by atoms with Crippen molar-refractivity contribution in [3.63, 3.8) is 0 Å². The van der Waals surface area contributed by atoms with Crippen LogP contribution in [-0.4, -0.2) is 37.0 Å². The number of carbonyl (C=O) groups excluding carboxylic acids is 1. The van der Waals surface area contributed by atoms with Gasteiger partial charge in [-0.1, -0.05) is 0 Å². The maximum Gasteiger partial charge on any atom is 0.273 e. The molecule has 158 valence electrons. The molecule has 1 aliphatic rings. The van der Waals surface area contributed by atoms with Gasteiger partial charge in [-0.3, -0.25) is 14.2 Å². The lowest BCUT2D eigenvalue weighted by atomic mass is 10.1. The summed E-state index contributed by atoms with van der Waals surface area (Å²) in [5, 5.41) is 7.52. The monoisotopic (exact) mass is 420 g/mol. The summed E-state index contributed by atoms with van der Waals surface area (Å²) in [7, 11) is -1.99. The number of carbonyl (C=O) groups is 1. The summed E-state index contributed by atoms with van der Waals surface area (Å²) >= 11 is 0. The van der Waals surface area contributed by atoms with Gasteiger partial charge in [-0.15, -0.1) is 0 Å². The molecule has 1 aliphatic carbocycles. The van der Waals surface area contributed by atoms with Crippen molar-refractivity contribution in [1.82, 2.24) is 9.78 Å². The van der Waals surface area contributed by atoms with Crippen LogP contribution in [0.5, 0.6) is 5.75 Å². The number of ether oxygens (including phenoxy) is 1. The lowest BCUT2D eigenvalue weighted by Gasteiger charge is -2.22. The van der Waals surface area contributed by atoms with E-state index in [2.05, 4.69) is 15.1 Å². The van der Waals surface area contributed by atoms with E-state index in [4.69, 9.17) is 4.74 Å². The second-order valence-corrected chi connectivity index (χ2v) is 10.2. The molecule has 2 N–H and O–H groups in total. The van der Waals surface area contributed by atoms with E-state index in [0.717, 1.165) is 18.5 Å². The maximum absolute atomic E-state index is 13.0. The molecule has 29 heavy (non-hydrogen) atoms. The second-order valence-electron chi connectivity index (χ2n) is 8.19. The smallest absolute Gasteiger partial charge is 0.273 e. The third kappa shape index (κ3) is 4.90. The summed E-state index contributed by atoms with van der Waals surface area (Å²) in [5.41, 5.74) is 1.94. The number of nitrogens with one attached hydrogen (secondary N) is 2. The van der Waals surface area contributed by atoms with Gasteiger partial charge in [0.25, 0.3) is 5.91 Å². The Kier molecular flexibility index (Phi) is 5.62. The highest BCUT2D eigenvalue weighted by molar-refractivity contribution is 7.92. The molecule has 0 saturated heterocycles. The molecule has 1 fully saturated rings. The summed E-state index contributed by atoms with van der Waals surface area (Å²) in [6.07, 6.45) is 2.21. The Morgan fingerprint density at radius 2 is 1.97 bits per heavy atom. The Hall–Kier alpha value is -2.55. The van der Waals surface area contributed by atoms with Crippen LogP contribution in [0.3, 0.4) is 0 Å². The van der Waals surface area contributed by atoms with Crippen molar-refractivity contribution in [2.24, 2.45) is 0 Å². The van der Waals surface area contributed by atoms with Crippen molar-refractivity contribution in [3.05, 3.63) is 35.7 Å². The number of sulfonamides is 1. The first-order valence-corrected chi connectivity index (χ1v) is 11.3. The Balaban J connectivity index is 1.86. The van der Waals surface area contributed by atoms with Gasteiger partial charge < -0.3 is 10.1 Å². The molecule has 1 saturated carbocycles. The molecule has 1 aromatic heterocycles. The number of benzene rings is 1. The third-order valence-corrected chi connectivity index (χ3v) is 5.99. The van der Waals surface area contributed by atoms with Crippen LogP contribution in [0.4, 0.5) is 11.4 Å². The molecule has 0 aliphatic heterocycles. The largest absolute Gasteiger partial charge is 0.494 e. The molecule has 0 spiro atoms. The second kappa shape index (κ2) is 7.70. The molecular weight excluding hydrogens is 392 g/mol. The number of nitrogens with zero attached hydrogens (tertiary/aromatic N) is 2. The van der Waals surface area contributed by atoms with Gasteiger partial charge in [0.15, 0.2) is 0 Å². The maximum atomic E-state index is 13.0. The van der Waals surface area contributed by atoms with Crippen molar-refractivity contribution in [2.75, 3.05) is 22.9 Å². The lowest BCUT2D eigenvalue weighted by molar-refractivity contribution is 0.100. The van der Waals surface area contributed by atoms with Crippen LogP contribution in [0.2, 0.25) is 0 Å². The highest BCUT2D eigenvalue weighted by Crippen LogP contribution is 2.40. The Morgan fingerprint density at radius 3 is 2.52 bits per heavy atom. The number of amides is 1.